The Hall–Kier alpha value is -1.58. The van der Waals surface area contributed by atoms with E-state index in [1.54, 1.807) is 0 Å². The zero-order chi connectivity index (χ0) is 10.1. The summed E-state index contributed by atoms with van der Waals surface area (Å²) < 4.78 is 1.95. The molecule has 4 heteroatoms. The highest BCUT2D eigenvalue weighted by atomic mass is 15.2. The molecule has 74 valence electrons. The van der Waals surface area contributed by atoms with Crippen LogP contribution in [0, 0.1) is 5.92 Å². The highest BCUT2D eigenvalue weighted by Gasteiger charge is 2.06. The van der Waals surface area contributed by atoms with E-state index < -0.39 is 0 Å². The second kappa shape index (κ2) is 3.29. The number of nitrogens with zero attached hydrogens (tertiary/aromatic N) is 3. The molecule has 0 unspecified atom stereocenters. The molecule has 2 heterocycles. The molecule has 2 aromatic rings. The first-order chi connectivity index (χ1) is 6.66. The first-order valence-electron chi connectivity index (χ1n) is 4.76. The maximum absolute atomic E-state index is 5.71. The second-order valence-corrected chi connectivity index (χ2v) is 3.90. The van der Waals surface area contributed by atoms with Crippen LogP contribution in [0.4, 0.5) is 5.69 Å². The van der Waals surface area contributed by atoms with Gasteiger partial charge in [-0.1, -0.05) is 13.8 Å². The minimum absolute atomic E-state index is 0.573. The third-order valence-corrected chi connectivity index (χ3v) is 2.09. The molecule has 0 aliphatic rings. The van der Waals surface area contributed by atoms with E-state index in [9.17, 15) is 0 Å². The fraction of sp³-hybridized carbons (Fsp3) is 0.400. The quantitative estimate of drug-likeness (QED) is 0.781. The standard InChI is InChI=1S/C10H14N4/c1-7(2)5-10-13-12-9-4-3-8(11)6-14(9)10/h3-4,6-7H,5,11H2,1-2H3. The summed E-state index contributed by atoms with van der Waals surface area (Å²) in [7, 11) is 0. The van der Waals surface area contributed by atoms with Crippen LogP contribution in [0.3, 0.4) is 0 Å². The molecule has 0 amide bonds. The highest BCUT2D eigenvalue weighted by Crippen LogP contribution is 2.11. The smallest absolute Gasteiger partial charge is 0.160 e. The number of fused-ring (bicyclic) bond motifs is 1. The SMILES string of the molecule is CC(C)Cc1nnc2ccc(N)cn12. The number of hydrogen-bond donors (Lipinski definition) is 1. The van der Waals surface area contributed by atoms with E-state index in [1.807, 2.05) is 22.7 Å². The van der Waals surface area contributed by atoms with Gasteiger partial charge in [0.1, 0.15) is 5.82 Å². The fourth-order valence-corrected chi connectivity index (χ4v) is 1.46. The number of anilines is 1. The summed E-state index contributed by atoms with van der Waals surface area (Å²) in [4.78, 5) is 0. The molecule has 0 atom stereocenters. The monoisotopic (exact) mass is 190 g/mol. The molecule has 2 N–H and O–H groups in total. The minimum Gasteiger partial charge on any atom is -0.398 e. The van der Waals surface area contributed by atoms with Crippen LogP contribution in [0.25, 0.3) is 5.65 Å². The van der Waals surface area contributed by atoms with Gasteiger partial charge in [0.25, 0.3) is 0 Å². The number of pyridine rings is 1. The van der Waals surface area contributed by atoms with Crippen LogP contribution >= 0.6 is 0 Å². The molecule has 0 spiro atoms. The fourth-order valence-electron chi connectivity index (χ4n) is 1.46. The number of hydrogen-bond acceptors (Lipinski definition) is 3. The summed E-state index contributed by atoms with van der Waals surface area (Å²) >= 11 is 0. The molecule has 14 heavy (non-hydrogen) atoms. The van der Waals surface area contributed by atoms with Gasteiger partial charge in [0, 0.05) is 18.3 Å². The van der Waals surface area contributed by atoms with Gasteiger partial charge in [-0.25, -0.2) is 0 Å². The van der Waals surface area contributed by atoms with Gasteiger partial charge in [-0.2, -0.15) is 0 Å². The minimum atomic E-state index is 0.573. The van der Waals surface area contributed by atoms with Gasteiger partial charge in [0.15, 0.2) is 5.65 Å². The van der Waals surface area contributed by atoms with Gasteiger partial charge in [-0.05, 0) is 18.1 Å². The van der Waals surface area contributed by atoms with Crippen LogP contribution in [0.5, 0.6) is 0 Å². The number of rotatable bonds is 2. The van der Waals surface area contributed by atoms with Crippen molar-refractivity contribution in [2.75, 3.05) is 5.73 Å². The summed E-state index contributed by atoms with van der Waals surface area (Å²) in [6, 6.07) is 3.72. The lowest BCUT2D eigenvalue weighted by molar-refractivity contribution is 0.616. The van der Waals surface area contributed by atoms with Gasteiger partial charge >= 0.3 is 0 Å². The van der Waals surface area contributed by atoms with Gasteiger partial charge < -0.3 is 5.73 Å². The van der Waals surface area contributed by atoms with E-state index in [1.165, 1.54) is 0 Å². The molecule has 0 aromatic carbocycles. The Morgan fingerprint density at radius 3 is 2.86 bits per heavy atom. The molecule has 0 bridgehead atoms. The van der Waals surface area contributed by atoms with Crippen LogP contribution < -0.4 is 5.73 Å². The Kier molecular flexibility index (Phi) is 2.11. The predicted octanol–water partition coefficient (Wildman–Crippen LogP) is 1.51. The van der Waals surface area contributed by atoms with Crippen molar-refractivity contribution < 1.29 is 0 Å². The molecule has 4 nitrogen and oxygen atoms in total. The molecule has 2 aromatic heterocycles. The molecule has 0 aliphatic carbocycles. The van der Waals surface area contributed by atoms with Crippen LogP contribution in [0.1, 0.15) is 19.7 Å². The molecule has 0 saturated carbocycles. The third kappa shape index (κ3) is 1.55. The van der Waals surface area contributed by atoms with Crippen LogP contribution in [0.2, 0.25) is 0 Å². The first kappa shape index (κ1) is 8.99. The third-order valence-electron chi connectivity index (χ3n) is 2.09. The lowest BCUT2D eigenvalue weighted by atomic mass is 10.1. The number of aromatic nitrogens is 3. The van der Waals surface area contributed by atoms with Crippen LogP contribution in [-0.4, -0.2) is 14.6 Å². The normalized spacial score (nSPS) is 11.4. The van der Waals surface area contributed by atoms with Gasteiger partial charge in [0.05, 0.1) is 0 Å². The first-order valence-corrected chi connectivity index (χ1v) is 4.76. The van der Waals surface area contributed by atoms with E-state index in [2.05, 4.69) is 24.0 Å². The highest BCUT2D eigenvalue weighted by molar-refractivity contribution is 5.47. The number of nitrogen functional groups attached to an aromatic ring is 1. The Morgan fingerprint density at radius 1 is 1.36 bits per heavy atom. The Balaban J connectivity index is 2.50. The molecule has 2 rings (SSSR count). The van der Waals surface area contributed by atoms with Crippen LogP contribution in [-0.2, 0) is 6.42 Å². The largest absolute Gasteiger partial charge is 0.398 e. The lowest BCUT2D eigenvalue weighted by Gasteiger charge is -2.02. The van der Waals surface area contributed by atoms with Crippen molar-refractivity contribution >= 4 is 11.3 Å². The predicted molar refractivity (Wildman–Crippen MR) is 55.9 cm³/mol. The van der Waals surface area contributed by atoms with Crippen molar-refractivity contribution in [3.05, 3.63) is 24.2 Å². The topological polar surface area (TPSA) is 56.2 Å². The van der Waals surface area contributed by atoms with Crippen molar-refractivity contribution in [1.82, 2.24) is 14.6 Å². The Morgan fingerprint density at radius 2 is 2.14 bits per heavy atom. The van der Waals surface area contributed by atoms with Crippen molar-refractivity contribution in [2.45, 2.75) is 20.3 Å². The molecule has 0 fully saturated rings. The second-order valence-electron chi connectivity index (χ2n) is 3.90. The average molecular weight is 190 g/mol. The van der Waals surface area contributed by atoms with Gasteiger partial charge in [-0.3, -0.25) is 4.40 Å². The van der Waals surface area contributed by atoms with E-state index in [0.717, 1.165) is 23.6 Å². The maximum atomic E-state index is 5.71. The summed E-state index contributed by atoms with van der Waals surface area (Å²) in [6.07, 6.45) is 2.79. The zero-order valence-corrected chi connectivity index (χ0v) is 8.44. The molecular formula is C10H14N4. The van der Waals surface area contributed by atoms with Crippen molar-refractivity contribution in [3.8, 4) is 0 Å². The Labute approximate surface area is 82.8 Å². The molecule has 0 radical (unpaired) electrons. The average Bonchev–Trinajstić information content (AvgIpc) is 2.47. The van der Waals surface area contributed by atoms with E-state index >= 15 is 0 Å². The lowest BCUT2D eigenvalue weighted by Crippen LogP contribution is -2.01. The summed E-state index contributed by atoms with van der Waals surface area (Å²) in [5.41, 5.74) is 7.30. The van der Waals surface area contributed by atoms with Crippen LogP contribution in [0.15, 0.2) is 18.3 Å². The van der Waals surface area contributed by atoms with Gasteiger partial charge in [0.2, 0.25) is 0 Å². The summed E-state index contributed by atoms with van der Waals surface area (Å²) in [5, 5.41) is 8.20. The maximum Gasteiger partial charge on any atom is 0.160 e. The van der Waals surface area contributed by atoms with Gasteiger partial charge in [-0.15, -0.1) is 10.2 Å². The molecule has 0 aliphatic heterocycles. The summed E-state index contributed by atoms with van der Waals surface area (Å²) in [5.74, 6) is 1.55. The van der Waals surface area contributed by atoms with E-state index in [0.29, 0.717) is 5.92 Å². The van der Waals surface area contributed by atoms with Crippen molar-refractivity contribution in [3.63, 3.8) is 0 Å². The van der Waals surface area contributed by atoms with Crippen molar-refractivity contribution in [1.29, 1.82) is 0 Å². The molecule has 0 saturated heterocycles. The zero-order valence-electron chi connectivity index (χ0n) is 8.44. The van der Waals surface area contributed by atoms with E-state index in [-0.39, 0.29) is 0 Å². The Bertz CT molecular complexity index is 444. The summed E-state index contributed by atoms with van der Waals surface area (Å²) in [6.45, 7) is 4.32. The van der Waals surface area contributed by atoms with E-state index in [4.69, 9.17) is 5.73 Å². The number of nitrogens with two attached hydrogens (primary N) is 1. The molecular weight excluding hydrogens is 176 g/mol. The van der Waals surface area contributed by atoms with Crippen molar-refractivity contribution in [2.24, 2.45) is 5.92 Å².